The van der Waals surface area contributed by atoms with Crippen molar-refractivity contribution in [1.82, 2.24) is 5.32 Å². The summed E-state index contributed by atoms with van der Waals surface area (Å²) < 4.78 is 4.99. The van der Waals surface area contributed by atoms with Crippen LogP contribution in [0.4, 0.5) is 5.69 Å². The Labute approximate surface area is 117 Å². The Hall–Kier alpha value is -2.08. The first-order valence-electron chi connectivity index (χ1n) is 6.46. The third-order valence-electron chi connectivity index (χ3n) is 3.65. The van der Waals surface area contributed by atoms with Crippen molar-refractivity contribution in [1.29, 1.82) is 0 Å². The number of nitrogens with one attached hydrogen (secondary N) is 2. The summed E-state index contributed by atoms with van der Waals surface area (Å²) >= 11 is 0. The molecule has 108 valence electrons. The molecule has 1 unspecified atom stereocenters. The Kier molecular flexibility index (Phi) is 4.24. The Morgan fingerprint density at radius 3 is 2.65 bits per heavy atom. The van der Waals surface area contributed by atoms with Gasteiger partial charge in [0, 0.05) is 5.92 Å². The van der Waals surface area contributed by atoms with E-state index in [1.807, 2.05) is 6.92 Å². The molecule has 1 aliphatic heterocycles. The van der Waals surface area contributed by atoms with E-state index in [0.717, 1.165) is 13.1 Å². The average Bonchev–Trinajstić information content (AvgIpc) is 2.36. The number of methoxy groups -OCH3 is 1. The zero-order valence-electron chi connectivity index (χ0n) is 11.5. The summed E-state index contributed by atoms with van der Waals surface area (Å²) in [5.74, 6) is -0.667. The number of hydrogen-bond acceptors (Lipinski definition) is 4. The van der Waals surface area contributed by atoms with Gasteiger partial charge in [-0.2, -0.15) is 0 Å². The van der Waals surface area contributed by atoms with Crippen molar-refractivity contribution < 1.29 is 19.4 Å². The molecule has 0 spiro atoms. The van der Waals surface area contributed by atoms with Gasteiger partial charge in [0.25, 0.3) is 0 Å². The molecule has 1 heterocycles. The predicted octanol–water partition coefficient (Wildman–Crippen LogP) is 1.19. The minimum absolute atomic E-state index is 0.0247. The molecular formula is C14H18N2O4. The van der Waals surface area contributed by atoms with Crippen LogP contribution in [-0.4, -0.2) is 37.2 Å². The molecule has 0 aliphatic carbocycles. The van der Waals surface area contributed by atoms with E-state index in [1.54, 1.807) is 12.1 Å². The highest BCUT2D eigenvalue weighted by Gasteiger charge is 2.29. The Morgan fingerprint density at radius 2 is 2.15 bits per heavy atom. The lowest BCUT2D eigenvalue weighted by Crippen LogP contribution is -2.48. The van der Waals surface area contributed by atoms with Gasteiger partial charge in [-0.1, -0.05) is 6.92 Å². The molecule has 1 fully saturated rings. The van der Waals surface area contributed by atoms with Crippen LogP contribution in [0, 0.1) is 11.8 Å². The maximum Gasteiger partial charge on any atom is 0.337 e. The van der Waals surface area contributed by atoms with Crippen LogP contribution in [0.3, 0.4) is 0 Å². The lowest BCUT2D eigenvalue weighted by molar-refractivity contribution is -0.121. The summed E-state index contributed by atoms with van der Waals surface area (Å²) in [5.41, 5.74) is 0.319. The molecule has 1 amide bonds. The van der Waals surface area contributed by atoms with Gasteiger partial charge in [-0.05, 0) is 37.2 Å². The van der Waals surface area contributed by atoms with Crippen molar-refractivity contribution in [3.05, 3.63) is 23.8 Å². The Morgan fingerprint density at radius 1 is 1.45 bits per heavy atom. The fourth-order valence-electron chi connectivity index (χ4n) is 2.06. The van der Waals surface area contributed by atoms with E-state index in [0.29, 0.717) is 17.4 Å². The van der Waals surface area contributed by atoms with Crippen LogP contribution in [0.15, 0.2) is 18.2 Å². The summed E-state index contributed by atoms with van der Waals surface area (Å²) in [6.07, 6.45) is 0. The van der Waals surface area contributed by atoms with Gasteiger partial charge < -0.3 is 20.5 Å². The van der Waals surface area contributed by atoms with Crippen molar-refractivity contribution in [3.63, 3.8) is 0 Å². The number of hydrogen-bond donors (Lipinski definition) is 3. The minimum atomic E-state index is -1.10. The molecule has 0 radical (unpaired) electrons. The number of amides is 1. The van der Waals surface area contributed by atoms with E-state index in [2.05, 4.69) is 10.6 Å². The summed E-state index contributed by atoms with van der Waals surface area (Å²) in [4.78, 5) is 23.3. The second-order valence-electron chi connectivity index (χ2n) is 4.91. The quantitative estimate of drug-likeness (QED) is 0.753. The van der Waals surface area contributed by atoms with Crippen molar-refractivity contribution in [2.24, 2.45) is 11.8 Å². The first kappa shape index (κ1) is 14.3. The lowest BCUT2D eigenvalue weighted by atomic mass is 9.88. The maximum atomic E-state index is 12.1. The van der Waals surface area contributed by atoms with Crippen molar-refractivity contribution >= 4 is 17.6 Å². The predicted molar refractivity (Wildman–Crippen MR) is 74.1 cm³/mol. The molecule has 20 heavy (non-hydrogen) atoms. The number of carboxylic acid groups (broad SMARTS) is 1. The standard InChI is InChI=1S/C14H18N2O4/c1-8(9-6-15-7-9)13(17)16-12-4-3-10(20-2)5-11(12)14(18)19/h3-5,8-9,15H,6-7H2,1-2H3,(H,16,17)(H,18,19). The molecule has 1 aromatic carbocycles. The SMILES string of the molecule is COc1ccc(NC(=O)C(C)C2CNC2)c(C(=O)O)c1. The first-order valence-corrected chi connectivity index (χ1v) is 6.46. The van der Waals surface area contributed by atoms with Crippen LogP contribution < -0.4 is 15.4 Å². The summed E-state index contributed by atoms with van der Waals surface area (Å²) in [7, 11) is 1.46. The van der Waals surface area contributed by atoms with Crippen molar-refractivity contribution in [3.8, 4) is 5.75 Å². The second kappa shape index (κ2) is 5.92. The highest BCUT2D eigenvalue weighted by atomic mass is 16.5. The minimum Gasteiger partial charge on any atom is -0.497 e. The van der Waals surface area contributed by atoms with E-state index in [9.17, 15) is 14.7 Å². The molecule has 1 aliphatic rings. The summed E-state index contributed by atoms with van der Waals surface area (Å²) in [6, 6.07) is 4.57. The number of ether oxygens (including phenoxy) is 1. The van der Waals surface area contributed by atoms with Crippen molar-refractivity contribution in [2.45, 2.75) is 6.92 Å². The third kappa shape index (κ3) is 2.91. The van der Waals surface area contributed by atoms with Gasteiger partial charge in [-0.15, -0.1) is 0 Å². The average molecular weight is 278 g/mol. The van der Waals surface area contributed by atoms with Crippen LogP contribution >= 0.6 is 0 Å². The van der Waals surface area contributed by atoms with E-state index < -0.39 is 5.97 Å². The van der Waals surface area contributed by atoms with Crippen LogP contribution in [0.25, 0.3) is 0 Å². The molecule has 3 N–H and O–H groups in total. The molecular weight excluding hydrogens is 260 g/mol. The van der Waals surface area contributed by atoms with Crippen LogP contribution in [0.2, 0.25) is 0 Å². The van der Waals surface area contributed by atoms with Crippen LogP contribution in [0.5, 0.6) is 5.75 Å². The number of benzene rings is 1. The van der Waals surface area contributed by atoms with Gasteiger partial charge in [0.15, 0.2) is 0 Å². The Bertz CT molecular complexity index is 526. The number of carbonyl (C=O) groups excluding carboxylic acids is 1. The number of anilines is 1. The number of carbonyl (C=O) groups is 2. The molecule has 6 heteroatoms. The lowest BCUT2D eigenvalue weighted by Gasteiger charge is -2.31. The maximum absolute atomic E-state index is 12.1. The van der Waals surface area contributed by atoms with E-state index in [1.165, 1.54) is 13.2 Å². The zero-order valence-corrected chi connectivity index (χ0v) is 11.5. The monoisotopic (exact) mass is 278 g/mol. The molecule has 0 bridgehead atoms. The largest absolute Gasteiger partial charge is 0.497 e. The van der Waals surface area contributed by atoms with Gasteiger partial charge in [-0.3, -0.25) is 4.79 Å². The zero-order chi connectivity index (χ0) is 14.7. The summed E-state index contributed by atoms with van der Waals surface area (Å²) in [5, 5.41) is 15.0. The highest BCUT2D eigenvalue weighted by Crippen LogP contribution is 2.24. The molecule has 2 rings (SSSR count). The van der Waals surface area contributed by atoms with E-state index >= 15 is 0 Å². The number of carboxylic acids is 1. The normalized spacial score (nSPS) is 16.1. The molecule has 0 saturated carbocycles. The van der Waals surface area contributed by atoms with Gasteiger partial charge in [0.1, 0.15) is 5.75 Å². The Balaban J connectivity index is 2.15. The highest BCUT2D eigenvalue weighted by molar-refractivity contribution is 6.01. The van der Waals surface area contributed by atoms with Gasteiger partial charge in [0.2, 0.25) is 5.91 Å². The number of rotatable bonds is 5. The first-order chi connectivity index (χ1) is 9.52. The molecule has 0 aromatic heterocycles. The van der Waals surface area contributed by atoms with Crippen LogP contribution in [-0.2, 0) is 4.79 Å². The third-order valence-corrected chi connectivity index (χ3v) is 3.65. The fourth-order valence-corrected chi connectivity index (χ4v) is 2.06. The topological polar surface area (TPSA) is 87.7 Å². The van der Waals surface area contributed by atoms with E-state index in [-0.39, 0.29) is 17.4 Å². The van der Waals surface area contributed by atoms with Gasteiger partial charge in [-0.25, -0.2) is 4.79 Å². The van der Waals surface area contributed by atoms with Gasteiger partial charge in [0.05, 0.1) is 18.4 Å². The smallest absolute Gasteiger partial charge is 0.337 e. The molecule has 1 atom stereocenters. The summed E-state index contributed by atoms with van der Waals surface area (Å²) in [6.45, 7) is 3.50. The second-order valence-corrected chi connectivity index (χ2v) is 4.91. The molecule has 6 nitrogen and oxygen atoms in total. The molecule has 1 aromatic rings. The van der Waals surface area contributed by atoms with Crippen molar-refractivity contribution in [2.75, 3.05) is 25.5 Å². The van der Waals surface area contributed by atoms with Gasteiger partial charge >= 0.3 is 5.97 Å². The van der Waals surface area contributed by atoms with E-state index in [4.69, 9.17) is 4.74 Å². The molecule has 1 saturated heterocycles. The number of aromatic carboxylic acids is 1. The fraction of sp³-hybridized carbons (Fsp3) is 0.429. The van der Waals surface area contributed by atoms with Crippen LogP contribution in [0.1, 0.15) is 17.3 Å².